The number of hydrogen-bond donors (Lipinski definition) is 0. The van der Waals surface area contributed by atoms with Crippen LogP contribution in [0.5, 0.6) is 17.2 Å². The Labute approximate surface area is 292 Å². The first-order valence-corrected chi connectivity index (χ1v) is 12.4. The summed E-state index contributed by atoms with van der Waals surface area (Å²) in [6.45, 7) is -1.58. The van der Waals surface area contributed by atoms with Crippen molar-refractivity contribution in [2.45, 2.75) is 0 Å². The second kappa shape index (κ2) is 20.5. The van der Waals surface area contributed by atoms with Crippen molar-refractivity contribution in [3.63, 3.8) is 0 Å². The van der Waals surface area contributed by atoms with Gasteiger partial charge in [0.25, 0.3) is 0 Å². The number of carboxylic acid groups (broad SMARTS) is 3. The average Bonchev–Trinajstić information content (AvgIpc) is 2.83. The van der Waals surface area contributed by atoms with Crippen molar-refractivity contribution >= 4 is 87.5 Å². The van der Waals surface area contributed by atoms with Gasteiger partial charge in [-0.15, -0.1) is 0 Å². The van der Waals surface area contributed by atoms with Gasteiger partial charge in [0.15, 0.2) is 0 Å². The summed E-state index contributed by atoms with van der Waals surface area (Å²) in [6, 6.07) is 13.5. The summed E-state index contributed by atoms with van der Waals surface area (Å²) in [5, 5.41) is 32.3. The minimum absolute atomic E-state index is 0. The third-order valence-electron chi connectivity index (χ3n) is 3.72. The Bertz CT molecular complexity index is 1140. The molecule has 0 heterocycles. The van der Waals surface area contributed by atoms with Crippen molar-refractivity contribution in [2.75, 3.05) is 19.8 Å². The maximum absolute atomic E-state index is 10.0. The molecule has 0 aliphatic carbocycles. The van der Waals surface area contributed by atoms with E-state index in [2.05, 4.69) is 0 Å². The molecule has 0 amide bonds. The molecule has 0 saturated heterocycles. The summed E-state index contributed by atoms with van der Waals surface area (Å²) in [5.41, 5.74) is 0. The first kappa shape index (κ1) is 38.6. The standard InChI is InChI=1S/3C8H6Cl2O3.Ce/c3*9-5-1-2-7(6(10)3-5)13-4-8(11)12;/h3*1-3H,4H2,(H,11,12);/q;;;+3/p-3. The van der Waals surface area contributed by atoms with Crippen LogP contribution in [0.3, 0.4) is 0 Å². The molecular weight excluding hydrogens is 785 g/mol. The largest absolute Gasteiger partial charge is 3.00 e. The topological polar surface area (TPSA) is 148 Å². The second-order valence-electron chi connectivity index (χ2n) is 6.71. The third-order valence-corrected chi connectivity index (χ3v) is 5.31. The van der Waals surface area contributed by atoms with E-state index in [0.717, 1.165) is 0 Å². The molecule has 0 N–H and O–H groups in total. The molecule has 40 heavy (non-hydrogen) atoms. The number of benzene rings is 3. The Hall–Kier alpha value is -1.41. The van der Waals surface area contributed by atoms with Crippen molar-refractivity contribution in [1.29, 1.82) is 0 Å². The summed E-state index contributed by atoms with van der Waals surface area (Å²) < 4.78 is 14.4. The normalized spacial score (nSPS) is 9.45. The van der Waals surface area contributed by atoms with Gasteiger partial charge in [-0.2, -0.15) is 0 Å². The summed E-state index contributed by atoms with van der Waals surface area (Å²) in [6.07, 6.45) is 0. The molecule has 0 atom stereocenters. The van der Waals surface area contributed by atoms with Crippen molar-refractivity contribution in [3.8, 4) is 17.2 Å². The van der Waals surface area contributed by atoms with Gasteiger partial charge in [-0.05, 0) is 54.6 Å². The number of ether oxygens (including phenoxy) is 3. The molecule has 1 radical (unpaired) electrons. The summed E-state index contributed by atoms with van der Waals surface area (Å²) in [7, 11) is 0. The monoisotopic (exact) mass is 797 g/mol. The van der Waals surface area contributed by atoms with Gasteiger partial charge in [0.05, 0.1) is 33.0 Å². The van der Waals surface area contributed by atoms with Crippen LogP contribution in [0.1, 0.15) is 0 Å². The van der Waals surface area contributed by atoms with E-state index in [0.29, 0.717) is 15.1 Å². The van der Waals surface area contributed by atoms with Gasteiger partial charge < -0.3 is 43.9 Å². The van der Waals surface area contributed by atoms with E-state index in [1.165, 1.54) is 36.4 Å². The summed E-state index contributed by atoms with van der Waals surface area (Å²) in [5.74, 6) is -3.08. The minimum atomic E-state index is -1.30. The number of aliphatic carboxylic acids is 3. The van der Waals surface area contributed by atoms with Gasteiger partial charge >= 0.3 is 41.7 Å². The average molecular weight is 800 g/mol. The number of carboxylic acids is 3. The van der Waals surface area contributed by atoms with Crippen LogP contribution in [-0.4, -0.2) is 37.7 Å². The predicted molar refractivity (Wildman–Crippen MR) is 141 cm³/mol. The molecule has 16 heteroatoms. The smallest absolute Gasteiger partial charge is 0.546 e. The van der Waals surface area contributed by atoms with Crippen LogP contribution in [0.4, 0.5) is 0 Å². The molecule has 0 aliphatic heterocycles. The van der Waals surface area contributed by atoms with Gasteiger partial charge in [0.1, 0.15) is 37.1 Å². The summed E-state index contributed by atoms with van der Waals surface area (Å²) >= 11 is 33.9. The molecule has 0 bridgehead atoms. The van der Waals surface area contributed by atoms with E-state index in [-0.39, 0.29) is 74.1 Å². The fourth-order valence-electron chi connectivity index (χ4n) is 2.19. The van der Waals surface area contributed by atoms with Crippen LogP contribution in [-0.2, 0) is 14.4 Å². The predicted octanol–water partition coefficient (Wildman–Crippen LogP) is 3.37. The van der Waals surface area contributed by atoms with Crippen LogP contribution in [0.2, 0.25) is 30.1 Å². The Morgan fingerprint density at radius 1 is 0.500 bits per heavy atom. The number of rotatable bonds is 9. The molecule has 9 nitrogen and oxygen atoms in total. The molecule has 211 valence electrons. The zero-order valence-corrected chi connectivity index (χ0v) is 27.4. The van der Waals surface area contributed by atoms with Crippen LogP contribution < -0.4 is 29.5 Å². The Balaban J connectivity index is 0.000000563. The molecule has 3 rings (SSSR count). The number of hydrogen-bond acceptors (Lipinski definition) is 9. The van der Waals surface area contributed by atoms with E-state index >= 15 is 0 Å². The number of halogens is 6. The molecule has 0 saturated carbocycles. The molecule has 0 aliphatic rings. The fourth-order valence-corrected chi connectivity index (χ4v) is 3.58. The molecule has 0 fully saturated rings. The molecule has 3 aromatic carbocycles. The van der Waals surface area contributed by atoms with Crippen LogP contribution >= 0.6 is 69.6 Å². The Morgan fingerprint density at radius 2 is 0.725 bits per heavy atom. The first-order chi connectivity index (χ1) is 18.3. The van der Waals surface area contributed by atoms with Crippen LogP contribution in [0.15, 0.2) is 54.6 Å². The SMILES string of the molecule is O=C([O-])COc1ccc(Cl)cc1Cl.O=C([O-])COc1ccc(Cl)cc1Cl.O=C([O-])COc1ccc(Cl)cc1Cl.[Ce+3]. The van der Waals surface area contributed by atoms with Crippen molar-refractivity contribution in [3.05, 3.63) is 84.7 Å². The van der Waals surface area contributed by atoms with Crippen molar-refractivity contribution < 1.29 is 85.7 Å². The van der Waals surface area contributed by atoms with Crippen LogP contribution in [0.25, 0.3) is 0 Å². The molecule has 3 aromatic rings. The van der Waals surface area contributed by atoms with Gasteiger partial charge in [0, 0.05) is 15.1 Å². The van der Waals surface area contributed by atoms with E-state index in [1.807, 2.05) is 0 Å². The number of carbonyl (C=O) groups is 3. The van der Waals surface area contributed by atoms with Gasteiger partial charge in [-0.3, -0.25) is 0 Å². The van der Waals surface area contributed by atoms with Gasteiger partial charge in [-0.1, -0.05) is 69.6 Å². The minimum Gasteiger partial charge on any atom is -0.546 e. The van der Waals surface area contributed by atoms with E-state index in [1.54, 1.807) is 18.2 Å². The fraction of sp³-hybridized carbons (Fsp3) is 0.125. The van der Waals surface area contributed by atoms with Crippen molar-refractivity contribution in [1.82, 2.24) is 0 Å². The summed E-state index contributed by atoms with van der Waals surface area (Å²) in [4.78, 5) is 30.1. The number of carbonyl (C=O) groups excluding carboxylic acids is 3. The van der Waals surface area contributed by atoms with E-state index in [9.17, 15) is 29.7 Å². The first-order valence-electron chi connectivity index (χ1n) is 10.1. The maximum atomic E-state index is 10.0. The third kappa shape index (κ3) is 16.8. The van der Waals surface area contributed by atoms with Gasteiger partial charge in [-0.25, -0.2) is 0 Å². The van der Waals surface area contributed by atoms with Gasteiger partial charge in [0.2, 0.25) is 0 Å². The molecule has 0 unspecified atom stereocenters. The zero-order valence-electron chi connectivity index (χ0n) is 19.8. The Kier molecular flexibility index (Phi) is 19.7. The van der Waals surface area contributed by atoms with Crippen LogP contribution in [0, 0.1) is 41.7 Å². The van der Waals surface area contributed by atoms with Crippen molar-refractivity contribution in [2.24, 2.45) is 0 Å². The maximum Gasteiger partial charge on any atom is 3.00 e. The molecule has 0 aromatic heterocycles. The quantitative estimate of drug-likeness (QED) is 0.318. The molecular formula is C24H15CeCl6O9. The molecule has 0 spiro atoms. The Morgan fingerprint density at radius 3 is 0.900 bits per heavy atom. The second-order valence-corrected chi connectivity index (χ2v) is 9.24. The zero-order chi connectivity index (χ0) is 29.5. The van der Waals surface area contributed by atoms with E-state index < -0.39 is 37.7 Å². The van der Waals surface area contributed by atoms with E-state index in [4.69, 9.17) is 83.8 Å².